The van der Waals surface area contributed by atoms with E-state index in [4.69, 9.17) is 0 Å². The first kappa shape index (κ1) is 8.58. The molecule has 6 heteroatoms. The molecule has 0 amide bonds. The SMILES string of the molecule is CN(c1ccc[nH]1)S(=O)(=O)N1CC1. The molecule has 0 radical (unpaired) electrons. The van der Waals surface area contributed by atoms with Gasteiger partial charge in [0.05, 0.1) is 0 Å². The molecule has 1 saturated heterocycles. The zero-order chi connectivity index (χ0) is 9.47. The van der Waals surface area contributed by atoms with Gasteiger partial charge in [0.2, 0.25) is 0 Å². The molecule has 1 aliphatic rings. The molecule has 0 saturated carbocycles. The maximum atomic E-state index is 11.6. The fourth-order valence-corrected chi connectivity index (χ4v) is 2.34. The summed E-state index contributed by atoms with van der Waals surface area (Å²) in [4.78, 5) is 2.85. The van der Waals surface area contributed by atoms with Gasteiger partial charge in [0.1, 0.15) is 5.82 Å². The molecule has 2 rings (SSSR count). The Morgan fingerprint density at radius 2 is 2.23 bits per heavy atom. The Bertz CT molecular complexity index is 380. The van der Waals surface area contributed by atoms with Crippen molar-refractivity contribution >= 4 is 16.0 Å². The number of H-pyrrole nitrogens is 1. The summed E-state index contributed by atoms with van der Waals surface area (Å²) in [7, 11) is -1.71. The van der Waals surface area contributed by atoms with Gasteiger partial charge >= 0.3 is 10.2 Å². The molecule has 1 aromatic rings. The first-order chi connectivity index (χ1) is 6.12. The molecule has 5 nitrogen and oxygen atoms in total. The largest absolute Gasteiger partial charge is 0.348 e. The third-order valence-corrected chi connectivity index (χ3v) is 3.91. The van der Waals surface area contributed by atoms with Crippen molar-refractivity contribution in [3.05, 3.63) is 18.3 Å². The van der Waals surface area contributed by atoms with E-state index in [2.05, 4.69) is 4.98 Å². The first-order valence-corrected chi connectivity index (χ1v) is 5.39. The normalized spacial score (nSPS) is 17.3. The van der Waals surface area contributed by atoms with Crippen LogP contribution in [0.1, 0.15) is 0 Å². The van der Waals surface area contributed by atoms with Gasteiger partial charge in [0.15, 0.2) is 0 Å². The molecule has 0 aliphatic carbocycles. The van der Waals surface area contributed by atoms with Gasteiger partial charge in [-0.05, 0) is 12.1 Å². The van der Waals surface area contributed by atoms with E-state index in [-0.39, 0.29) is 0 Å². The summed E-state index contributed by atoms with van der Waals surface area (Å²) in [6.07, 6.45) is 1.70. The summed E-state index contributed by atoms with van der Waals surface area (Å²) in [6, 6.07) is 3.49. The van der Waals surface area contributed by atoms with Crippen LogP contribution in [0.15, 0.2) is 18.3 Å². The van der Waals surface area contributed by atoms with E-state index in [0.29, 0.717) is 18.9 Å². The third-order valence-electron chi connectivity index (χ3n) is 2.00. The zero-order valence-corrected chi connectivity index (χ0v) is 8.08. The maximum Gasteiger partial charge on any atom is 0.305 e. The van der Waals surface area contributed by atoms with E-state index in [0.717, 1.165) is 0 Å². The molecule has 0 aromatic carbocycles. The summed E-state index contributed by atoms with van der Waals surface area (Å²) in [5, 5.41) is 0. The average molecular weight is 201 g/mol. The molecule has 0 atom stereocenters. The van der Waals surface area contributed by atoms with Gasteiger partial charge < -0.3 is 4.98 Å². The van der Waals surface area contributed by atoms with Gasteiger partial charge in [-0.2, -0.15) is 12.7 Å². The molecular weight excluding hydrogens is 190 g/mol. The Labute approximate surface area is 77.1 Å². The van der Waals surface area contributed by atoms with Gasteiger partial charge in [0.25, 0.3) is 0 Å². The molecule has 1 fully saturated rings. The van der Waals surface area contributed by atoms with Crippen molar-refractivity contribution in [1.29, 1.82) is 0 Å². The van der Waals surface area contributed by atoms with Gasteiger partial charge in [-0.25, -0.2) is 4.31 Å². The van der Waals surface area contributed by atoms with Gasteiger partial charge in [-0.1, -0.05) is 0 Å². The summed E-state index contributed by atoms with van der Waals surface area (Å²) >= 11 is 0. The Kier molecular flexibility index (Phi) is 1.81. The second-order valence-corrected chi connectivity index (χ2v) is 4.89. The van der Waals surface area contributed by atoms with E-state index >= 15 is 0 Å². The zero-order valence-electron chi connectivity index (χ0n) is 7.27. The molecule has 0 spiro atoms. The number of hydrogen-bond acceptors (Lipinski definition) is 2. The number of nitrogens with zero attached hydrogens (tertiary/aromatic N) is 2. The Hall–Kier alpha value is -1.01. The van der Waals surface area contributed by atoms with E-state index in [1.165, 1.54) is 8.61 Å². The van der Waals surface area contributed by atoms with Gasteiger partial charge in [-0.3, -0.25) is 0 Å². The monoisotopic (exact) mass is 201 g/mol. The van der Waals surface area contributed by atoms with Crippen LogP contribution in [0.2, 0.25) is 0 Å². The van der Waals surface area contributed by atoms with Crippen molar-refractivity contribution in [2.45, 2.75) is 0 Å². The number of hydrogen-bond donors (Lipinski definition) is 1. The maximum absolute atomic E-state index is 11.6. The van der Waals surface area contributed by atoms with Crippen LogP contribution in [-0.4, -0.2) is 37.8 Å². The second kappa shape index (κ2) is 2.74. The summed E-state index contributed by atoms with van der Waals surface area (Å²) < 4.78 is 25.9. The number of anilines is 1. The Morgan fingerprint density at radius 3 is 2.69 bits per heavy atom. The van der Waals surface area contributed by atoms with E-state index in [1.54, 1.807) is 25.4 Å². The van der Waals surface area contributed by atoms with Crippen LogP contribution < -0.4 is 4.31 Å². The summed E-state index contributed by atoms with van der Waals surface area (Å²) in [6.45, 7) is 1.26. The molecule has 0 bridgehead atoms. The predicted molar refractivity (Wildman–Crippen MR) is 49.7 cm³/mol. The van der Waals surface area contributed by atoms with Crippen LogP contribution in [0.5, 0.6) is 0 Å². The average Bonchev–Trinajstić information content (AvgIpc) is 2.82. The standard InChI is InChI=1S/C7H11N3O2S/c1-9(7-3-2-4-8-7)13(11,12)10-5-6-10/h2-4,8H,5-6H2,1H3. The number of rotatable bonds is 3. The van der Waals surface area contributed by atoms with Crippen molar-refractivity contribution in [2.75, 3.05) is 24.4 Å². The lowest BCUT2D eigenvalue weighted by Crippen LogP contribution is -2.32. The molecule has 1 aliphatic heterocycles. The van der Waals surface area contributed by atoms with Crippen LogP contribution >= 0.6 is 0 Å². The van der Waals surface area contributed by atoms with Gasteiger partial charge in [0, 0.05) is 26.3 Å². The highest BCUT2D eigenvalue weighted by Gasteiger charge is 2.35. The minimum Gasteiger partial charge on any atom is -0.348 e. The second-order valence-electron chi connectivity index (χ2n) is 2.93. The smallest absolute Gasteiger partial charge is 0.305 e. The summed E-state index contributed by atoms with van der Waals surface area (Å²) in [5.74, 6) is 0.590. The van der Waals surface area contributed by atoms with Crippen LogP contribution in [0.3, 0.4) is 0 Å². The Morgan fingerprint density at radius 1 is 1.54 bits per heavy atom. The minimum atomic E-state index is -3.25. The van der Waals surface area contributed by atoms with Crippen LogP contribution in [0.25, 0.3) is 0 Å². The van der Waals surface area contributed by atoms with Crippen LogP contribution in [-0.2, 0) is 10.2 Å². The third kappa shape index (κ3) is 1.42. The highest BCUT2D eigenvalue weighted by atomic mass is 32.2. The van der Waals surface area contributed by atoms with Crippen molar-refractivity contribution in [2.24, 2.45) is 0 Å². The van der Waals surface area contributed by atoms with E-state index < -0.39 is 10.2 Å². The molecular formula is C7H11N3O2S. The molecule has 72 valence electrons. The van der Waals surface area contributed by atoms with E-state index in [1.807, 2.05) is 0 Å². The lowest BCUT2D eigenvalue weighted by atomic mass is 10.6. The van der Waals surface area contributed by atoms with Crippen molar-refractivity contribution in [3.8, 4) is 0 Å². The molecule has 13 heavy (non-hydrogen) atoms. The lowest BCUT2D eigenvalue weighted by Gasteiger charge is -2.17. The summed E-state index contributed by atoms with van der Waals surface area (Å²) in [5.41, 5.74) is 0. The van der Waals surface area contributed by atoms with Crippen molar-refractivity contribution in [1.82, 2.24) is 9.29 Å². The van der Waals surface area contributed by atoms with Gasteiger partial charge in [-0.15, -0.1) is 0 Å². The highest BCUT2D eigenvalue weighted by molar-refractivity contribution is 7.90. The molecule has 1 aromatic heterocycles. The number of aromatic nitrogens is 1. The van der Waals surface area contributed by atoms with Crippen LogP contribution in [0, 0.1) is 0 Å². The fraction of sp³-hybridized carbons (Fsp3) is 0.429. The predicted octanol–water partition coefficient (Wildman–Crippen LogP) is 0.0113. The highest BCUT2D eigenvalue weighted by Crippen LogP contribution is 2.20. The molecule has 2 heterocycles. The minimum absolute atomic E-state index is 0.590. The number of aromatic amines is 1. The number of nitrogens with one attached hydrogen (secondary N) is 1. The molecule has 1 N–H and O–H groups in total. The Balaban J connectivity index is 2.26. The van der Waals surface area contributed by atoms with Crippen LogP contribution in [0.4, 0.5) is 5.82 Å². The van der Waals surface area contributed by atoms with Crippen molar-refractivity contribution < 1.29 is 8.42 Å². The fourth-order valence-electron chi connectivity index (χ4n) is 1.09. The van der Waals surface area contributed by atoms with E-state index in [9.17, 15) is 8.42 Å². The molecule has 0 unspecified atom stereocenters. The topological polar surface area (TPSA) is 56.2 Å². The quantitative estimate of drug-likeness (QED) is 0.700. The lowest BCUT2D eigenvalue weighted by molar-refractivity contribution is 0.561. The van der Waals surface area contributed by atoms with Crippen molar-refractivity contribution in [3.63, 3.8) is 0 Å². The first-order valence-electron chi connectivity index (χ1n) is 4.00.